The van der Waals surface area contributed by atoms with Gasteiger partial charge in [0.2, 0.25) is 0 Å². The zero-order valence-electron chi connectivity index (χ0n) is 11.5. The SMILES string of the molecule is COc1ccc2c(c1)C(c1ccc(F)cc1)=C(CCl)CO2. The van der Waals surface area contributed by atoms with Gasteiger partial charge in [0.25, 0.3) is 0 Å². The summed E-state index contributed by atoms with van der Waals surface area (Å²) in [5.74, 6) is 1.63. The Morgan fingerprint density at radius 1 is 1.19 bits per heavy atom. The van der Waals surface area contributed by atoms with E-state index in [1.165, 1.54) is 12.1 Å². The van der Waals surface area contributed by atoms with Gasteiger partial charge in [0.15, 0.2) is 0 Å². The lowest BCUT2D eigenvalue weighted by atomic mass is 9.91. The number of benzene rings is 2. The fraction of sp³-hybridized carbons (Fsp3) is 0.176. The third-order valence-corrected chi connectivity index (χ3v) is 3.83. The van der Waals surface area contributed by atoms with Crippen molar-refractivity contribution in [3.8, 4) is 11.5 Å². The van der Waals surface area contributed by atoms with Crippen LogP contribution in [0.3, 0.4) is 0 Å². The fourth-order valence-corrected chi connectivity index (χ4v) is 2.68. The first-order valence-corrected chi connectivity index (χ1v) is 7.11. The van der Waals surface area contributed by atoms with Gasteiger partial charge in [-0.2, -0.15) is 0 Å². The number of hydrogen-bond acceptors (Lipinski definition) is 2. The molecule has 0 N–H and O–H groups in total. The van der Waals surface area contributed by atoms with Crippen molar-refractivity contribution < 1.29 is 13.9 Å². The maximum absolute atomic E-state index is 13.2. The van der Waals surface area contributed by atoms with Crippen molar-refractivity contribution >= 4 is 17.2 Å². The van der Waals surface area contributed by atoms with Crippen LogP contribution in [0.1, 0.15) is 11.1 Å². The van der Waals surface area contributed by atoms with Crippen molar-refractivity contribution in [2.75, 3.05) is 19.6 Å². The van der Waals surface area contributed by atoms with Gasteiger partial charge >= 0.3 is 0 Å². The summed E-state index contributed by atoms with van der Waals surface area (Å²) in [5.41, 5.74) is 3.81. The topological polar surface area (TPSA) is 18.5 Å². The smallest absolute Gasteiger partial charge is 0.127 e. The van der Waals surface area contributed by atoms with Crippen LogP contribution in [0.5, 0.6) is 11.5 Å². The Hall–Kier alpha value is -2.00. The second-order valence-electron chi connectivity index (χ2n) is 4.77. The monoisotopic (exact) mass is 304 g/mol. The summed E-state index contributed by atoms with van der Waals surface area (Å²) in [6, 6.07) is 12.1. The molecular weight excluding hydrogens is 291 g/mol. The Morgan fingerprint density at radius 2 is 1.95 bits per heavy atom. The summed E-state index contributed by atoms with van der Waals surface area (Å²) in [4.78, 5) is 0. The van der Waals surface area contributed by atoms with E-state index in [0.29, 0.717) is 12.5 Å². The van der Waals surface area contributed by atoms with Gasteiger partial charge in [-0.1, -0.05) is 12.1 Å². The highest BCUT2D eigenvalue weighted by Crippen LogP contribution is 2.39. The van der Waals surface area contributed by atoms with Gasteiger partial charge in [0, 0.05) is 11.4 Å². The third-order valence-electron chi connectivity index (χ3n) is 3.51. The van der Waals surface area contributed by atoms with Crippen molar-refractivity contribution in [2.45, 2.75) is 0 Å². The number of ether oxygens (including phenoxy) is 2. The highest BCUT2D eigenvalue weighted by Gasteiger charge is 2.21. The molecule has 0 unspecified atom stereocenters. The number of hydrogen-bond donors (Lipinski definition) is 0. The van der Waals surface area contributed by atoms with Crippen molar-refractivity contribution in [2.24, 2.45) is 0 Å². The first-order chi connectivity index (χ1) is 10.2. The quantitative estimate of drug-likeness (QED) is 0.789. The molecule has 0 spiro atoms. The molecule has 0 radical (unpaired) electrons. The Morgan fingerprint density at radius 3 is 2.62 bits per heavy atom. The van der Waals surface area contributed by atoms with Crippen LogP contribution in [0.2, 0.25) is 0 Å². The molecule has 108 valence electrons. The second-order valence-corrected chi connectivity index (χ2v) is 5.04. The molecule has 0 bridgehead atoms. The zero-order chi connectivity index (χ0) is 14.8. The van der Waals surface area contributed by atoms with Crippen LogP contribution in [-0.4, -0.2) is 19.6 Å². The molecule has 21 heavy (non-hydrogen) atoms. The Kier molecular flexibility index (Phi) is 3.84. The van der Waals surface area contributed by atoms with E-state index >= 15 is 0 Å². The average Bonchev–Trinajstić information content (AvgIpc) is 2.54. The maximum atomic E-state index is 13.2. The van der Waals surface area contributed by atoms with E-state index in [0.717, 1.165) is 33.8 Å². The maximum Gasteiger partial charge on any atom is 0.127 e. The van der Waals surface area contributed by atoms with Gasteiger partial charge in [-0.25, -0.2) is 4.39 Å². The number of alkyl halides is 1. The highest BCUT2D eigenvalue weighted by molar-refractivity contribution is 6.20. The molecule has 1 heterocycles. The van der Waals surface area contributed by atoms with Crippen LogP contribution < -0.4 is 9.47 Å². The Bertz CT molecular complexity index is 692. The van der Waals surface area contributed by atoms with Crippen LogP contribution in [0.25, 0.3) is 5.57 Å². The first kappa shape index (κ1) is 14.0. The predicted octanol–water partition coefficient (Wildman–Crippen LogP) is 4.27. The van der Waals surface area contributed by atoms with Crippen LogP contribution in [-0.2, 0) is 0 Å². The lowest BCUT2D eigenvalue weighted by Crippen LogP contribution is -2.13. The minimum Gasteiger partial charge on any atom is -0.497 e. The van der Waals surface area contributed by atoms with Gasteiger partial charge in [0.1, 0.15) is 23.9 Å². The second kappa shape index (κ2) is 5.78. The van der Waals surface area contributed by atoms with Crippen LogP contribution >= 0.6 is 11.6 Å². The van der Waals surface area contributed by atoms with E-state index in [9.17, 15) is 4.39 Å². The first-order valence-electron chi connectivity index (χ1n) is 6.58. The molecule has 1 aliphatic heterocycles. The molecular formula is C17H14ClFO2. The van der Waals surface area contributed by atoms with Crippen LogP contribution in [0.15, 0.2) is 48.0 Å². The molecule has 2 aromatic rings. The molecule has 0 saturated carbocycles. The molecule has 0 saturated heterocycles. The summed E-state index contributed by atoms with van der Waals surface area (Å²) in [7, 11) is 1.62. The van der Waals surface area contributed by atoms with Crippen molar-refractivity contribution in [1.29, 1.82) is 0 Å². The number of halogens is 2. The van der Waals surface area contributed by atoms with E-state index in [1.807, 2.05) is 18.2 Å². The van der Waals surface area contributed by atoms with E-state index in [4.69, 9.17) is 21.1 Å². The molecule has 0 fully saturated rings. The molecule has 2 aromatic carbocycles. The van der Waals surface area contributed by atoms with Crippen molar-refractivity contribution in [1.82, 2.24) is 0 Å². The normalized spacial score (nSPS) is 13.7. The van der Waals surface area contributed by atoms with Gasteiger partial charge < -0.3 is 9.47 Å². The predicted molar refractivity (Wildman–Crippen MR) is 81.6 cm³/mol. The Labute approximate surface area is 127 Å². The van der Waals surface area contributed by atoms with Crippen molar-refractivity contribution in [3.05, 3.63) is 65.0 Å². The molecule has 0 aliphatic carbocycles. The molecule has 2 nitrogen and oxygen atoms in total. The summed E-state index contributed by atoms with van der Waals surface area (Å²) in [5, 5.41) is 0. The van der Waals surface area contributed by atoms with Crippen LogP contribution in [0.4, 0.5) is 4.39 Å². The molecule has 1 aliphatic rings. The average molecular weight is 305 g/mol. The van der Waals surface area contributed by atoms with E-state index < -0.39 is 0 Å². The lowest BCUT2D eigenvalue weighted by molar-refractivity contribution is 0.345. The summed E-state index contributed by atoms with van der Waals surface area (Å²) in [6.45, 7) is 0.440. The molecule has 0 aromatic heterocycles. The molecule has 0 amide bonds. The van der Waals surface area contributed by atoms with E-state index in [2.05, 4.69) is 0 Å². The van der Waals surface area contributed by atoms with Crippen molar-refractivity contribution in [3.63, 3.8) is 0 Å². The number of rotatable bonds is 3. The molecule has 3 rings (SSSR count). The number of methoxy groups -OCH3 is 1. The summed E-state index contributed by atoms with van der Waals surface area (Å²) < 4.78 is 24.2. The Balaban J connectivity index is 2.19. The van der Waals surface area contributed by atoms with Gasteiger partial charge in [0.05, 0.1) is 7.11 Å². The summed E-state index contributed by atoms with van der Waals surface area (Å²) >= 11 is 6.05. The minimum absolute atomic E-state index is 0.260. The van der Waals surface area contributed by atoms with Crippen LogP contribution in [0, 0.1) is 5.82 Å². The summed E-state index contributed by atoms with van der Waals surface area (Å²) in [6.07, 6.45) is 0. The number of fused-ring (bicyclic) bond motifs is 1. The minimum atomic E-state index is -0.260. The van der Waals surface area contributed by atoms with Gasteiger partial charge in [-0.3, -0.25) is 0 Å². The van der Waals surface area contributed by atoms with E-state index in [1.54, 1.807) is 19.2 Å². The molecule has 4 heteroatoms. The third kappa shape index (κ3) is 2.61. The lowest BCUT2D eigenvalue weighted by Gasteiger charge is -2.24. The largest absolute Gasteiger partial charge is 0.497 e. The van der Waals surface area contributed by atoms with Gasteiger partial charge in [-0.15, -0.1) is 11.6 Å². The zero-order valence-corrected chi connectivity index (χ0v) is 12.3. The highest BCUT2D eigenvalue weighted by atomic mass is 35.5. The standard InChI is InChI=1S/C17H14ClFO2/c1-20-14-6-7-16-15(8-14)17(12(9-18)10-21-16)11-2-4-13(19)5-3-11/h2-8H,9-10H2,1H3. The molecule has 0 atom stereocenters. The van der Waals surface area contributed by atoms with E-state index in [-0.39, 0.29) is 5.82 Å². The fourth-order valence-electron chi connectivity index (χ4n) is 2.47. The van der Waals surface area contributed by atoms with Gasteiger partial charge in [-0.05, 0) is 47.0 Å².